The molecule has 0 aliphatic rings. The summed E-state index contributed by atoms with van der Waals surface area (Å²) >= 11 is 7.58. The first-order chi connectivity index (χ1) is 13.9. The maximum atomic E-state index is 11.8. The Kier molecular flexibility index (Phi) is 9.02. The number of carbonyl (C=O) groups excluding carboxylic acids is 3. The van der Waals surface area contributed by atoms with Crippen LogP contribution in [0.3, 0.4) is 0 Å². The van der Waals surface area contributed by atoms with Crippen molar-refractivity contribution in [3.8, 4) is 5.75 Å². The van der Waals surface area contributed by atoms with Crippen molar-refractivity contribution >= 4 is 41.6 Å². The number of imide groups is 1. The number of nitrogens with one attached hydrogen (secondary N) is 1. The predicted molar refractivity (Wildman–Crippen MR) is 113 cm³/mol. The van der Waals surface area contributed by atoms with Gasteiger partial charge in [-0.1, -0.05) is 41.9 Å². The lowest BCUT2D eigenvalue weighted by atomic mass is 10.1. The number of amides is 2. The molecule has 2 amide bonds. The number of ether oxygens (including phenoxy) is 2. The third kappa shape index (κ3) is 7.11. The predicted octanol–water partition coefficient (Wildman–Crippen LogP) is 3.57. The van der Waals surface area contributed by atoms with E-state index in [0.29, 0.717) is 29.2 Å². The standard InChI is InChI=1S/C21H22ClNO5S/c1-14(25)28-19(17-5-3-4-6-18(17)22)12-27-16-9-7-15(8-10-16)11-20(29-2)21(26)23-13-24/h3-10,13,19-20H,11-12H2,1-2H3,(H,23,24,26). The minimum absolute atomic E-state index is 0.109. The highest BCUT2D eigenvalue weighted by molar-refractivity contribution is 7.99. The van der Waals surface area contributed by atoms with Crippen LogP contribution < -0.4 is 10.1 Å². The molecule has 2 aromatic rings. The zero-order valence-electron chi connectivity index (χ0n) is 16.1. The highest BCUT2D eigenvalue weighted by Gasteiger charge is 2.19. The lowest BCUT2D eigenvalue weighted by Crippen LogP contribution is -2.32. The van der Waals surface area contributed by atoms with E-state index in [-0.39, 0.29) is 17.8 Å². The molecule has 0 spiro atoms. The number of rotatable bonds is 10. The fourth-order valence-corrected chi connectivity index (χ4v) is 3.56. The summed E-state index contributed by atoms with van der Waals surface area (Å²) in [6.07, 6.45) is 2.06. The first-order valence-corrected chi connectivity index (χ1v) is 10.5. The summed E-state index contributed by atoms with van der Waals surface area (Å²) < 4.78 is 11.1. The number of hydrogen-bond acceptors (Lipinski definition) is 6. The average molecular weight is 436 g/mol. The topological polar surface area (TPSA) is 81.7 Å². The van der Waals surface area contributed by atoms with Crippen molar-refractivity contribution in [3.05, 3.63) is 64.7 Å². The fourth-order valence-electron chi connectivity index (χ4n) is 2.67. The van der Waals surface area contributed by atoms with Crippen molar-refractivity contribution in [2.45, 2.75) is 24.7 Å². The van der Waals surface area contributed by atoms with Crippen LogP contribution in [0.25, 0.3) is 0 Å². The number of benzene rings is 2. The first-order valence-electron chi connectivity index (χ1n) is 8.84. The lowest BCUT2D eigenvalue weighted by molar-refractivity contribution is -0.148. The summed E-state index contributed by atoms with van der Waals surface area (Å²) in [5, 5.41) is 2.31. The van der Waals surface area contributed by atoms with Crippen molar-refractivity contribution in [1.82, 2.24) is 5.32 Å². The van der Waals surface area contributed by atoms with Crippen LogP contribution in [0.4, 0.5) is 0 Å². The number of carbonyl (C=O) groups is 3. The minimum Gasteiger partial charge on any atom is -0.489 e. The maximum absolute atomic E-state index is 11.8. The molecule has 29 heavy (non-hydrogen) atoms. The molecule has 0 aliphatic carbocycles. The van der Waals surface area contributed by atoms with Crippen LogP contribution in [-0.4, -0.2) is 36.4 Å². The molecule has 0 aromatic heterocycles. The Bertz CT molecular complexity index is 843. The molecule has 0 bridgehead atoms. The number of esters is 1. The molecule has 1 N–H and O–H groups in total. The van der Waals surface area contributed by atoms with Crippen LogP contribution in [0.5, 0.6) is 5.75 Å². The fraction of sp³-hybridized carbons (Fsp3) is 0.286. The minimum atomic E-state index is -0.631. The van der Waals surface area contributed by atoms with Gasteiger partial charge in [-0.2, -0.15) is 11.8 Å². The van der Waals surface area contributed by atoms with Crippen LogP contribution in [0.1, 0.15) is 24.2 Å². The Labute approximate surface area is 178 Å². The normalized spacial score (nSPS) is 12.5. The summed E-state index contributed by atoms with van der Waals surface area (Å²) in [5.41, 5.74) is 1.60. The molecule has 8 heteroatoms. The molecule has 0 saturated carbocycles. The van der Waals surface area contributed by atoms with Gasteiger partial charge in [-0.3, -0.25) is 19.7 Å². The SMILES string of the molecule is CSC(Cc1ccc(OCC(OC(C)=O)c2ccccc2Cl)cc1)C(=O)NC=O. The quantitative estimate of drug-likeness (QED) is 0.454. The summed E-state index contributed by atoms with van der Waals surface area (Å²) in [6, 6.07) is 14.4. The van der Waals surface area contributed by atoms with Crippen LogP contribution in [0, 0.1) is 0 Å². The molecule has 2 unspecified atom stereocenters. The molecule has 2 aromatic carbocycles. The third-order valence-corrected chi connectivity index (χ3v) is 5.38. The van der Waals surface area contributed by atoms with Gasteiger partial charge in [0.15, 0.2) is 6.10 Å². The average Bonchev–Trinajstić information content (AvgIpc) is 2.70. The van der Waals surface area contributed by atoms with E-state index in [2.05, 4.69) is 5.32 Å². The van der Waals surface area contributed by atoms with Gasteiger partial charge in [0.1, 0.15) is 12.4 Å². The summed E-state index contributed by atoms with van der Waals surface area (Å²) in [4.78, 5) is 33.7. The van der Waals surface area contributed by atoms with Crippen molar-refractivity contribution < 1.29 is 23.9 Å². The van der Waals surface area contributed by atoms with E-state index in [1.54, 1.807) is 30.3 Å². The monoisotopic (exact) mass is 435 g/mol. The third-order valence-electron chi connectivity index (χ3n) is 4.08. The van der Waals surface area contributed by atoms with Crippen molar-refractivity contribution in [3.63, 3.8) is 0 Å². The van der Waals surface area contributed by atoms with Crippen molar-refractivity contribution in [1.29, 1.82) is 0 Å². The van der Waals surface area contributed by atoms with Gasteiger partial charge in [0.25, 0.3) is 0 Å². The molecule has 0 heterocycles. The Morgan fingerprint density at radius 1 is 1.17 bits per heavy atom. The van der Waals surface area contributed by atoms with Crippen LogP contribution in [0.15, 0.2) is 48.5 Å². The smallest absolute Gasteiger partial charge is 0.303 e. The van der Waals surface area contributed by atoms with Gasteiger partial charge >= 0.3 is 5.97 Å². The van der Waals surface area contributed by atoms with E-state index in [1.165, 1.54) is 18.7 Å². The van der Waals surface area contributed by atoms with Gasteiger partial charge < -0.3 is 9.47 Å². The van der Waals surface area contributed by atoms with Gasteiger partial charge in [-0.05, 0) is 36.4 Å². The highest BCUT2D eigenvalue weighted by Crippen LogP contribution is 2.27. The van der Waals surface area contributed by atoms with Gasteiger partial charge in [-0.15, -0.1) is 0 Å². The molecule has 6 nitrogen and oxygen atoms in total. The number of hydrogen-bond donors (Lipinski definition) is 1. The Morgan fingerprint density at radius 2 is 1.86 bits per heavy atom. The molecule has 0 radical (unpaired) electrons. The van der Waals surface area contributed by atoms with Crippen molar-refractivity contribution in [2.24, 2.45) is 0 Å². The molecule has 0 saturated heterocycles. The molecule has 0 aliphatic heterocycles. The summed E-state index contributed by atoms with van der Waals surface area (Å²) in [7, 11) is 0. The van der Waals surface area contributed by atoms with Crippen LogP contribution in [0.2, 0.25) is 5.02 Å². The summed E-state index contributed by atoms with van der Waals surface area (Å²) in [5.74, 6) is -0.154. The van der Waals surface area contributed by atoms with E-state index in [9.17, 15) is 14.4 Å². The Balaban J connectivity index is 2.02. The lowest BCUT2D eigenvalue weighted by Gasteiger charge is -2.19. The molecule has 0 fully saturated rings. The molecular weight excluding hydrogens is 414 g/mol. The van der Waals surface area contributed by atoms with Gasteiger partial charge in [0.2, 0.25) is 12.3 Å². The van der Waals surface area contributed by atoms with E-state index in [0.717, 1.165) is 5.56 Å². The zero-order valence-corrected chi connectivity index (χ0v) is 17.7. The maximum Gasteiger partial charge on any atom is 0.303 e. The molecule has 154 valence electrons. The Morgan fingerprint density at radius 3 is 2.45 bits per heavy atom. The van der Waals surface area contributed by atoms with Gasteiger partial charge in [0, 0.05) is 17.5 Å². The van der Waals surface area contributed by atoms with Gasteiger partial charge in [-0.25, -0.2) is 0 Å². The van der Waals surface area contributed by atoms with Crippen molar-refractivity contribution in [2.75, 3.05) is 12.9 Å². The van der Waals surface area contributed by atoms with Crippen LogP contribution >= 0.6 is 23.4 Å². The number of thioether (sulfide) groups is 1. The zero-order chi connectivity index (χ0) is 21.2. The van der Waals surface area contributed by atoms with E-state index in [1.807, 2.05) is 24.5 Å². The molecule has 2 rings (SSSR count). The van der Waals surface area contributed by atoms with Crippen LogP contribution in [-0.2, 0) is 25.5 Å². The Hall–Kier alpha value is -2.51. The molecular formula is C21H22ClNO5S. The second-order valence-electron chi connectivity index (χ2n) is 6.13. The first kappa shape index (κ1) is 22.8. The molecule has 2 atom stereocenters. The van der Waals surface area contributed by atoms with E-state index < -0.39 is 12.1 Å². The second-order valence-corrected chi connectivity index (χ2v) is 7.58. The summed E-state index contributed by atoms with van der Waals surface area (Å²) in [6.45, 7) is 1.44. The highest BCUT2D eigenvalue weighted by atomic mass is 35.5. The van der Waals surface area contributed by atoms with E-state index >= 15 is 0 Å². The largest absolute Gasteiger partial charge is 0.489 e. The second kappa shape index (κ2) is 11.5. The van der Waals surface area contributed by atoms with Gasteiger partial charge in [0.05, 0.1) is 5.25 Å². The van der Waals surface area contributed by atoms with E-state index in [4.69, 9.17) is 21.1 Å². The number of halogens is 1.